The Morgan fingerprint density at radius 2 is 1.95 bits per heavy atom. The van der Waals surface area contributed by atoms with Crippen molar-refractivity contribution in [1.29, 1.82) is 0 Å². The van der Waals surface area contributed by atoms with Gasteiger partial charge in [0.1, 0.15) is 5.75 Å². The van der Waals surface area contributed by atoms with Crippen LogP contribution in [-0.2, 0) is 0 Å². The minimum absolute atomic E-state index is 0.00463. The average molecular weight is 271 g/mol. The van der Waals surface area contributed by atoms with Crippen molar-refractivity contribution < 1.29 is 4.74 Å². The highest BCUT2D eigenvalue weighted by molar-refractivity contribution is 5.30. The summed E-state index contributed by atoms with van der Waals surface area (Å²) in [5.74, 6) is 6.82. The molecule has 106 valence electrons. The quantitative estimate of drug-likeness (QED) is 0.626. The lowest BCUT2D eigenvalue weighted by atomic mass is 9.86. The van der Waals surface area contributed by atoms with Gasteiger partial charge in [0.25, 0.3) is 0 Å². The highest BCUT2D eigenvalue weighted by Gasteiger charge is 2.22. The van der Waals surface area contributed by atoms with Gasteiger partial charge in [0.05, 0.1) is 19.3 Å². The van der Waals surface area contributed by atoms with Crippen molar-refractivity contribution in [3.05, 3.63) is 59.9 Å². The summed E-state index contributed by atoms with van der Waals surface area (Å²) in [4.78, 5) is 4.21. The van der Waals surface area contributed by atoms with Crippen LogP contribution in [0.25, 0.3) is 0 Å². The first kappa shape index (κ1) is 14.5. The Morgan fingerprint density at radius 3 is 2.55 bits per heavy atom. The number of benzene rings is 1. The van der Waals surface area contributed by atoms with Gasteiger partial charge in [-0.2, -0.15) is 0 Å². The largest absolute Gasteiger partial charge is 0.495 e. The number of methoxy groups -OCH3 is 1. The lowest BCUT2D eigenvalue weighted by Gasteiger charge is -2.26. The number of nitrogens with zero attached hydrogens (tertiary/aromatic N) is 1. The molecule has 0 saturated heterocycles. The van der Waals surface area contributed by atoms with Crippen molar-refractivity contribution in [1.82, 2.24) is 10.4 Å². The van der Waals surface area contributed by atoms with Crippen LogP contribution in [0, 0.1) is 0 Å². The molecule has 0 amide bonds. The molecule has 0 spiro atoms. The van der Waals surface area contributed by atoms with E-state index in [0.29, 0.717) is 0 Å². The number of hydrazine groups is 1. The van der Waals surface area contributed by atoms with E-state index in [2.05, 4.69) is 41.6 Å². The second-order valence-electron chi connectivity index (χ2n) is 4.73. The molecule has 2 unspecified atom stereocenters. The van der Waals surface area contributed by atoms with Crippen molar-refractivity contribution in [2.75, 3.05) is 7.11 Å². The third kappa shape index (κ3) is 3.15. The normalized spacial score (nSPS) is 13.8. The maximum atomic E-state index is 5.79. The van der Waals surface area contributed by atoms with Gasteiger partial charge in [0, 0.05) is 12.1 Å². The van der Waals surface area contributed by atoms with Gasteiger partial charge in [0.15, 0.2) is 0 Å². The molecular formula is C16H21N3O. The van der Waals surface area contributed by atoms with E-state index in [9.17, 15) is 0 Å². The predicted molar refractivity (Wildman–Crippen MR) is 80.3 cm³/mol. The Bertz CT molecular complexity index is 530. The van der Waals surface area contributed by atoms with Gasteiger partial charge in [-0.15, -0.1) is 0 Å². The fourth-order valence-electron chi connectivity index (χ4n) is 2.53. The molecule has 0 radical (unpaired) electrons. The average Bonchev–Trinajstić information content (AvgIpc) is 2.53. The maximum Gasteiger partial charge on any atom is 0.137 e. The number of nitrogens with two attached hydrogens (primary N) is 1. The number of rotatable bonds is 6. The molecule has 0 bridgehead atoms. The van der Waals surface area contributed by atoms with E-state index in [1.54, 1.807) is 13.3 Å². The van der Waals surface area contributed by atoms with E-state index in [1.165, 1.54) is 5.56 Å². The van der Waals surface area contributed by atoms with Crippen LogP contribution >= 0.6 is 0 Å². The number of nitrogens with one attached hydrogen (secondary N) is 1. The molecule has 0 aliphatic rings. The van der Waals surface area contributed by atoms with Gasteiger partial charge in [-0.25, -0.2) is 0 Å². The first-order valence-electron chi connectivity index (χ1n) is 6.80. The Hall–Kier alpha value is -1.91. The van der Waals surface area contributed by atoms with Crippen LogP contribution in [0.15, 0.2) is 48.8 Å². The van der Waals surface area contributed by atoms with Crippen LogP contribution < -0.4 is 16.0 Å². The summed E-state index contributed by atoms with van der Waals surface area (Å²) in [7, 11) is 1.64. The fraction of sp³-hybridized carbons (Fsp3) is 0.312. The van der Waals surface area contributed by atoms with Gasteiger partial charge in [-0.1, -0.05) is 37.3 Å². The summed E-state index contributed by atoms with van der Waals surface area (Å²) in [5.41, 5.74) is 5.22. The Labute approximate surface area is 120 Å². The van der Waals surface area contributed by atoms with E-state index in [1.807, 2.05) is 18.3 Å². The minimum Gasteiger partial charge on any atom is -0.495 e. The van der Waals surface area contributed by atoms with Crippen molar-refractivity contribution in [3.63, 3.8) is 0 Å². The molecule has 2 atom stereocenters. The van der Waals surface area contributed by atoms with Crippen LogP contribution in [0.5, 0.6) is 5.75 Å². The molecule has 0 saturated carbocycles. The molecule has 1 heterocycles. The molecule has 1 aromatic carbocycles. The molecule has 1 aromatic heterocycles. The lowest BCUT2D eigenvalue weighted by molar-refractivity contribution is 0.406. The monoisotopic (exact) mass is 271 g/mol. The van der Waals surface area contributed by atoms with Gasteiger partial charge in [-0.3, -0.25) is 16.3 Å². The first-order chi connectivity index (χ1) is 9.80. The first-order valence-corrected chi connectivity index (χ1v) is 6.80. The van der Waals surface area contributed by atoms with E-state index < -0.39 is 0 Å². The molecule has 20 heavy (non-hydrogen) atoms. The van der Waals surface area contributed by atoms with Crippen molar-refractivity contribution in [2.45, 2.75) is 25.3 Å². The summed E-state index contributed by atoms with van der Waals surface area (Å²) >= 11 is 0. The van der Waals surface area contributed by atoms with Crippen molar-refractivity contribution in [3.8, 4) is 5.75 Å². The summed E-state index contributed by atoms with van der Waals surface area (Å²) in [5, 5.41) is 0. The number of ether oxygens (including phenoxy) is 1. The summed E-state index contributed by atoms with van der Waals surface area (Å²) in [6, 6.07) is 12.4. The number of hydrogen-bond acceptors (Lipinski definition) is 4. The van der Waals surface area contributed by atoms with Crippen LogP contribution in [0.3, 0.4) is 0 Å². The summed E-state index contributed by atoms with van der Waals surface area (Å²) in [6.45, 7) is 2.16. The van der Waals surface area contributed by atoms with E-state index in [0.717, 1.165) is 17.7 Å². The zero-order valence-corrected chi connectivity index (χ0v) is 11.9. The zero-order chi connectivity index (χ0) is 14.4. The molecule has 2 aromatic rings. The molecule has 2 rings (SSSR count). The third-order valence-corrected chi connectivity index (χ3v) is 3.58. The smallest absolute Gasteiger partial charge is 0.137 e. The van der Waals surface area contributed by atoms with Crippen LogP contribution in [-0.4, -0.2) is 12.1 Å². The van der Waals surface area contributed by atoms with Crippen molar-refractivity contribution in [2.24, 2.45) is 5.84 Å². The van der Waals surface area contributed by atoms with Gasteiger partial charge >= 0.3 is 0 Å². The molecule has 0 aliphatic heterocycles. The molecule has 0 aliphatic carbocycles. The number of pyridine rings is 1. The second-order valence-corrected chi connectivity index (χ2v) is 4.73. The maximum absolute atomic E-state index is 5.79. The van der Waals surface area contributed by atoms with Gasteiger partial charge in [0.2, 0.25) is 0 Å². The third-order valence-electron chi connectivity index (χ3n) is 3.58. The van der Waals surface area contributed by atoms with E-state index in [-0.39, 0.29) is 12.0 Å². The highest BCUT2D eigenvalue weighted by atomic mass is 16.5. The van der Waals surface area contributed by atoms with Crippen LogP contribution in [0.1, 0.15) is 36.4 Å². The predicted octanol–water partition coefficient (Wildman–Crippen LogP) is 2.79. The zero-order valence-electron chi connectivity index (χ0n) is 11.9. The molecule has 4 nitrogen and oxygen atoms in total. The Balaban J connectivity index is 2.34. The number of hydrogen-bond donors (Lipinski definition) is 2. The summed E-state index contributed by atoms with van der Waals surface area (Å²) < 4.78 is 5.24. The lowest BCUT2D eigenvalue weighted by Crippen LogP contribution is -2.32. The molecule has 3 N–H and O–H groups in total. The second kappa shape index (κ2) is 7.03. The number of aromatic nitrogens is 1. The molecule has 0 fully saturated rings. The van der Waals surface area contributed by atoms with E-state index >= 15 is 0 Å². The molecular weight excluding hydrogens is 250 g/mol. The Morgan fingerprint density at radius 1 is 1.20 bits per heavy atom. The summed E-state index contributed by atoms with van der Waals surface area (Å²) in [6.07, 6.45) is 4.51. The van der Waals surface area contributed by atoms with Crippen LogP contribution in [0.4, 0.5) is 0 Å². The van der Waals surface area contributed by atoms with Crippen molar-refractivity contribution >= 4 is 0 Å². The SMILES string of the molecule is CCC(c1ccccc1)C(NN)c1cncc(OC)c1. The standard InChI is InChI=1S/C16H21N3O/c1-3-15(12-7-5-4-6-8-12)16(19-17)13-9-14(20-2)11-18-10-13/h4-11,15-16,19H,3,17H2,1-2H3. The molecule has 4 heteroatoms. The van der Waals surface area contributed by atoms with Gasteiger partial charge in [-0.05, 0) is 23.6 Å². The highest BCUT2D eigenvalue weighted by Crippen LogP contribution is 2.33. The van der Waals surface area contributed by atoms with Crippen LogP contribution in [0.2, 0.25) is 0 Å². The topological polar surface area (TPSA) is 60.2 Å². The Kier molecular flexibility index (Phi) is 5.09. The van der Waals surface area contributed by atoms with Gasteiger partial charge < -0.3 is 4.74 Å². The fourth-order valence-corrected chi connectivity index (χ4v) is 2.53. The van der Waals surface area contributed by atoms with E-state index in [4.69, 9.17) is 10.6 Å². The minimum atomic E-state index is 0.00463.